The molecule has 1 aliphatic rings. The molecule has 148 valence electrons. The lowest BCUT2D eigenvalue weighted by Crippen LogP contribution is -2.50. The molecule has 0 unspecified atom stereocenters. The number of aromatic carboxylic acids is 1. The van der Waals surface area contributed by atoms with Crippen molar-refractivity contribution in [3.05, 3.63) is 89.2 Å². The van der Waals surface area contributed by atoms with E-state index in [-0.39, 0.29) is 11.6 Å². The van der Waals surface area contributed by atoms with E-state index >= 15 is 0 Å². The van der Waals surface area contributed by atoms with Crippen LogP contribution >= 0.6 is 0 Å². The van der Waals surface area contributed by atoms with Crippen LogP contribution in [0, 0.1) is 11.3 Å². The minimum atomic E-state index is -1.05. The molecular formula is C24H19N3O3. The molecule has 2 aromatic carbocycles. The van der Waals surface area contributed by atoms with Crippen LogP contribution in [0.15, 0.2) is 66.9 Å². The molecule has 4 rings (SSSR count). The van der Waals surface area contributed by atoms with Crippen molar-refractivity contribution in [2.45, 2.75) is 24.8 Å². The first kappa shape index (κ1) is 19.3. The van der Waals surface area contributed by atoms with Gasteiger partial charge in [-0.05, 0) is 60.7 Å². The summed E-state index contributed by atoms with van der Waals surface area (Å²) in [6.45, 7) is 0. The average Bonchev–Trinajstić information content (AvgIpc) is 2.76. The highest BCUT2D eigenvalue weighted by atomic mass is 16.4. The number of pyridine rings is 1. The molecule has 1 heterocycles. The summed E-state index contributed by atoms with van der Waals surface area (Å²) in [6.07, 6.45) is 4.31. The molecule has 0 radical (unpaired) electrons. The Morgan fingerprint density at radius 2 is 1.63 bits per heavy atom. The first-order chi connectivity index (χ1) is 14.5. The lowest BCUT2D eigenvalue weighted by atomic mass is 9.71. The van der Waals surface area contributed by atoms with Crippen molar-refractivity contribution in [2.75, 3.05) is 0 Å². The quantitative estimate of drug-likeness (QED) is 0.674. The van der Waals surface area contributed by atoms with Crippen LogP contribution in [0.5, 0.6) is 0 Å². The molecule has 3 aromatic rings. The van der Waals surface area contributed by atoms with Gasteiger partial charge in [-0.15, -0.1) is 0 Å². The second-order valence-electron chi connectivity index (χ2n) is 7.39. The molecule has 6 heteroatoms. The number of aromatic nitrogens is 1. The SMILES string of the molecule is N#Cc1ccc(C(=O)NC2(c3ccc(-c4ccc(C(=O)O)nc4)cc3)CCC2)cc1. The summed E-state index contributed by atoms with van der Waals surface area (Å²) in [5, 5.41) is 21.1. The smallest absolute Gasteiger partial charge is 0.354 e. The van der Waals surface area contributed by atoms with Gasteiger partial charge in [-0.25, -0.2) is 9.78 Å². The fourth-order valence-corrected chi connectivity index (χ4v) is 3.67. The highest BCUT2D eigenvalue weighted by Crippen LogP contribution is 2.42. The van der Waals surface area contributed by atoms with Crippen molar-refractivity contribution in [3.63, 3.8) is 0 Å². The van der Waals surface area contributed by atoms with Gasteiger partial charge < -0.3 is 10.4 Å². The van der Waals surface area contributed by atoms with E-state index in [0.717, 1.165) is 36.0 Å². The van der Waals surface area contributed by atoms with Gasteiger partial charge >= 0.3 is 5.97 Å². The largest absolute Gasteiger partial charge is 0.477 e. The number of nitrogens with zero attached hydrogens (tertiary/aromatic N) is 2. The Kier molecular flexibility index (Phi) is 5.03. The molecule has 1 aromatic heterocycles. The Morgan fingerprint density at radius 3 is 2.13 bits per heavy atom. The first-order valence-electron chi connectivity index (χ1n) is 9.64. The van der Waals surface area contributed by atoms with Crippen LogP contribution in [0.3, 0.4) is 0 Å². The van der Waals surface area contributed by atoms with Crippen LogP contribution < -0.4 is 5.32 Å². The Bertz CT molecular complexity index is 1120. The lowest BCUT2D eigenvalue weighted by Gasteiger charge is -2.43. The zero-order valence-electron chi connectivity index (χ0n) is 16.1. The molecule has 0 bridgehead atoms. The number of carbonyl (C=O) groups is 2. The number of rotatable bonds is 5. The predicted molar refractivity (Wildman–Crippen MR) is 111 cm³/mol. The van der Waals surface area contributed by atoms with Crippen molar-refractivity contribution in [1.82, 2.24) is 10.3 Å². The van der Waals surface area contributed by atoms with E-state index in [2.05, 4.69) is 16.4 Å². The number of carbonyl (C=O) groups excluding carboxylic acids is 1. The Balaban J connectivity index is 1.53. The number of carboxylic acid groups (broad SMARTS) is 1. The van der Waals surface area contributed by atoms with E-state index in [0.29, 0.717) is 11.1 Å². The zero-order chi connectivity index (χ0) is 21.1. The highest BCUT2D eigenvalue weighted by molar-refractivity contribution is 5.95. The molecule has 30 heavy (non-hydrogen) atoms. The van der Waals surface area contributed by atoms with E-state index in [1.54, 1.807) is 36.5 Å². The fourth-order valence-electron chi connectivity index (χ4n) is 3.67. The predicted octanol–water partition coefficient (Wildman–Crippen LogP) is 4.13. The summed E-state index contributed by atoms with van der Waals surface area (Å²) in [5.41, 5.74) is 3.46. The molecule has 0 aliphatic heterocycles. The fraction of sp³-hybridized carbons (Fsp3) is 0.167. The topological polar surface area (TPSA) is 103 Å². The van der Waals surface area contributed by atoms with Gasteiger partial charge in [-0.2, -0.15) is 5.26 Å². The number of amides is 1. The number of nitrogens with one attached hydrogen (secondary N) is 1. The maximum Gasteiger partial charge on any atom is 0.354 e. The third-order valence-corrected chi connectivity index (χ3v) is 5.59. The van der Waals surface area contributed by atoms with Crippen LogP contribution in [0.25, 0.3) is 11.1 Å². The number of hydrogen-bond acceptors (Lipinski definition) is 4. The van der Waals surface area contributed by atoms with E-state index < -0.39 is 11.5 Å². The summed E-state index contributed by atoms with van der Waals surface area (Å²) in [7, 11) is 0. The van der Waals surface area contributed by atoms with E-state index in [9.17, 15) is 9.59 Å². The van der Waals surface area contributed by atoms with Crippen molar-refractivity contribution < 1.29 is 14.7 Å². The molecule has 1 saturated carbocycles. The second kappa shape index (κ2) is 7.80. The van der Waals surface area contributed by atoms with E-state index in [4.69, 9.17) is 10.4 Å². The minimum Gasteiger partial charge on any atom is -0.477 e. The van der Waals surface area contributed by atoms with Crippen molar-refractivity contribution in [3.8, 4) is 17.2 Å². The molecule has 6 nitrogen and oxygen atoms in total. The van der Waals surface area contributed by atoms with Gasteiger partial charge in [-0.1, -0.05) is 30.3 Å². The molecule has 1 fully saturated rings. The molecule has 0 saturated heterocycles. The number of nitriles is 1. The van der Waals surface area contributed by atoms with E-state index in [1.807, 2.05) is 24.3 Å². The molecule has 1 amide bonds. The van der Waals surface area contributed by atoms with Gasteiger partial charge in [0, 0.05) is 17.3 Å². The number of hydrogen-bond donors (Lipinski definition) is 2. The molecule has 0 atom stereocenters. The maximum absolute atomic E-state index is 12.8. The Labute approximate surface area is 173 Å². The van der Waals surface area contributed by atoms with Gasteiger partial charge in [0.25, 0.3) is 5.91 Å². The lowest BCUT2D eigenvalue weighted by molar-refractivity contribution is 0.0690. The van der Waals surface area contributed by atoms with E-state index in [1.165, 1.54) is 6.07 Å². The Morgan fingerprint density at radius 1 is 0.967 bits per heavy atom. The molecule has 2 N–H and O–H groups in total. The summed E-state index contributed by atoms with van der Waals surface area (Å²) in [4.78, 5) is 27.7. The van der Waals surface area contributed by atoms with Crippen LogP contribution in [0.2, 0.25) is 0 Å². The minimum absolute atomic E-state index is 0.00862. The van der Waals surface area contributed by atoms with Gasteiger partial charge in [0.2, 0.25) is 0 Å². The van der Waals surface area contributed by atoms with Crippen molar-refractivity contribution in [1.29, 1.82) is 5.26 Å². The van der Waals surface area contributed by atoms with Gasteiger partial charge in [0.1, 0.15) is 5.69 Å². The van der Waals surface area contributed by atoms with Crippen LogP contribution in [-0.4, -0.2) is 22.0 Å². The van der Waals surface area contributed by atoms with Crippen LogP contribution in [0.1, 0.15) is 51.2 Å². The normalized spacial score (nSPS) is 14.2. The third kappa shape index (κ3) is 3.65. The summed E-state index contributed by atoms with van der Waals surface area (Å²) in [5.74, 6) is -1.21. The third-order valence-electron chi connectivity index (χ3n) is 5.59. The summed E-state index contributed by atoms with van der Waals surface area (Å²) in [6, 6.07) is 19.8. The second-order valence-corrected chi connectivity index (χ2v) is 7.39. The first-order valence-corrected chi connectivity index (χ1v) is 9.64. The monoisotopic (exact) mass is 397 g/mol. The summed E-state index contributed by atoms with van der Waals surface area (Å²) < 4.78 is 0. The molecule has 0 spiro atoms. The van der Waals surface area contributed by atoms with Crippen LogP contribution in [0.4, 0.5) is 0 Å². The molecule has 1 aliphatic carbocycles. The summed E-state index contributed by atoms with van der Waals surface area (Å²) >= 11 is 0. The van der Waals surface area contributed by atoms with Gasteiger partial charge in [0.15, 0.2) is 0 Å². The van der Waals surface area contributed by atoms with Gasteiger partial charge in [-0.3, -0.25) is 4.79 Å². The van der Waals surface area contributed by atoms with Crippen molar-refractivity contribution >= 4 is 11.9 Å². The highest BCUT2D eigenvalue weighted by Gasteiger charge is 2.40. The number of carboxylic acids is 1. The van der Waals surface area contributed by atoms with Gasteiger partial charge in [0.05, 0.1) is 17.2 Å². The van der Waals surface area contributed by atoms with Crippen molar-refractivity contribution in [2.24, 2.45) is 0 Å². The standard InChI is InChI=1S/C24H19N3O3/c25-14-16-2-4-18(5-3-16)22(28)27-24(12-1-13-24)20-9-6-17(7-10-20)19-8-11-21(23(29)30)26-15-19/h2-11,15H,1,12-13H2,(H,27,28)(H,29,30). The zero-order valence-corrected chi connectivity index (χ0v) is 16.1. The maximum atomic E-state index is 12.8. The van der Waals surface area contributed by atoms with Crippen LogP contribution in [-0.2, 0) is 5.54 Å². The number of benzene rings is 2. The Hall–Kier alpha value is -3.98. The average molecular weight is 397 g/mol. The molecular weight excluding hydrogens is 378 g/mol.